The summed E-state index contributed by atoms with van der Waals surface area (Å²) in [4.78, 5) is 21.2. The third-order valence-electron chi connectivity index (χ3n) is 4.56. The quantitative estimate of drug-likeness (QED) is 0.428. The van der Waals surface area contributed by atoms with Gasteiger partial charge < -0.3 is 4.90 Å². The van der Waals surface area contributed by atoms with E-state index in [1.165, 1.54) is 23.5 Å². The molecule has 0 unspecified atom stereocenters. The van der Waals surface area contributed by atoms with Crippen molar-refractivity contribution < 1.29 is 17.6 Å². The SMILES string of the molecule is CN(C)CCN(C(=O)CCCS(=O)(=O)c1ccc(F)cc1)c1nc2ccccc2s1.Cl. The second-order valence-electron chi connectivity index (χ2n) is 7.19. The molecule has 0 radical (unpaired) electrons. The first-order valence-corrected chi connectivity index (χ1v) is 12.0. The van der Waals surface area contributed by atoms with E-state index < -0.39 is 15.7 Å². The van der Waals surface area contributed by atoms with E-state index in [0.29, 0.717) is 18.2 Å². The fourth-order valence-electron chi connectivity index (χ4n) is 2.91. The zero-order valence-electron chi connectivity index (χ0n) is 17.3. The van der Waals surface area contributed by atoms with Gasteiger partial charge in [0.25, 0.3) is 0 Å². The van der Waals surface area contributed by atoms with Crippen molar-refractivity contribution in [2.45, 2.75) is 17.7 Å². The average Bonchev–Trinajstić information content (AvgIpc) is 3.12. The van der Waals surface area contributed by atoms with Crippen LogP contribution in [0, 0.1) is 5.82 Å². The third-order valence-corrected chi connectivity index (χ3v) is 7.44. The maximum atomic E-state index is 13.0. The van der Waals surface area contributed by atoms with E-state index in [4.69, 9.17) is 0 Å². The smallest absolute Gasteiger partial charge is 0.228 e. The molecule has 3 rings (SSSR count). The molecule has 0 saturated carbocycles. The van der Waals surface area contributed by atoms with Crippen LogP contribution in [0.25, 0.3) is 10.2 Å². The van der Waals surface area contributed by atoms with Crippen LogP contribution < -0.4 is 4.90 Å². The van der Waals surface area contributed by atoms with Crippen molar-refractivity contribution in [1.82, 2.24) is 9.88 Å². The highest BCUT2D eigenvalue weighted by Gasteiger charge is 2.21. The molecule has 168 valence electrons. The minimum absolute atomic E-state index is 0. The maximum absolute atomic E-state index is 13.0. The van der Waals surface area contributed by atoms with Crippen molar-refractivity contribution in [1.29, 1.82) is 0 Å². The molecule has 0 bridgehead atoms. The number of fused-ring (bicyclic) bond motifs is 1. The van der Waals surface area contributed by atoms with Crippen molar-refractivity contribution in [2.24, 2.45) is 0 Å². The van der Waals surface area contributed by atoms with Gasteiger partial charge in [-0.25, -0.2) is 17.8 Å². The van der Waals surface area contributed by atoms with Crippen LogP contribution in [-0.2, 0) is 14.6 Å². The number of thiazole rings is 1. The van der Waals surface area contributed by atoms with Gasteiger partial charge in [-0.1, -0.05) is 23.5 Å². The zero-order valence-corrected chi connectivity index (χ0v) is 19.8. The number of aromatic nitrogens is 1. The molecule has 0 N–H and O–H groups in total. The molecule has 0 aliphatic carbocycles. The van der Waals surface area contributed by atoms with Gasteiger partial charge in [0.05, 0.1) is 20.9 Å². The molecule has 1 heterocycles. The van der Waals surface area contributed by atoms with Crippen molar-refractivity contribution in [2.75, 3.05) is 37.8 Å². The molecule has 2 aromatic carbocycles. The molecule has 0 saturated heterocycles. The second kappa shape index (κ2) is 11.0. The Labute approximate surface area is 192 Å². The van der Waals surface area contributed by atoms with Crippen LogP contribution in [0.3, 0.4) is 0 Å². The number of anilines is 1. The van der Waals surface area contributed by atoms with Gasteiger partial charge in [0, 0.05) is 19.5 Å². The Balaban J connectivity index is 0.00000341. The lowest BCUT2D eigenvalue weighted by atomic mass is 10.3. The number of sulfone groups is 1. The predicted octanol–water partition coefficient (Wildman–Crippen LogP) is 4.01. The fourth-order valence-corrected chi connectivity index (χ4v) is 5.23. The first kappa shape index (κ1) is 25.2. The molecule has 0 aliphatic heterocycles. The first-order valence-electron chi connectivity index (χ1n) is 9.55. The predicted molar refractivity (Wildman–Crippen MR) is 125 cm³/mol. The van der Waals surface area contributed by atoms with E-state index in [1.807, 2.05) is 43.3 Å². The molecule has 6 nitrogen and oxygen atoms in total. The highest BCUT2D eigenvalue weighted by atomic mass is 35.5. The number of hydrogen-bond acceptors (Lipinski definition) is 6. The van der Waals surface area contributed by atoms with Gasteiger partial charge in [-0.05, 0) is 56.9 Å². The zero-order chi connectivity index (χ0) is 21.7. The number of likely N-dealkylation sites (N-methyl/N-ethyl adjacent to an activating group) is 1. The van der Waals surface area contributed by atoms with E-state index in [1.54, 1.807) is 4.90 Å². The van der Waals surface area contributed by atoms with Crippen molar-refractivity contribution in [3.8, 4) is 0 Å². The lowest BCUT2D eigenvalue weighted by Gasteiger charge is -2.22. The van der Waals surface area contributed by atoms with Crippen LogP contribution >= 0.6 is 23.7 Å². The number of carbonyl (C=O) groups is 1. The number of nitrogens with zero attached hydrogens (tertiary/aromatic N) is 3. The Morgan fingerprint density at radius 1 is 1.06 bits per heavy atom. The maximum Gasteiger partial charge on any atom is 0.228 e. The Morgan fingerprint density at radius 3 is 2.39 bits per heavy atom. The molecular weight excluding hydrogens is 461 g/mol. The van der Waals surface area contributed by atoms with Crippen molar-refractivity contribution >= 4 is 54.8 Å². The normalized spacial score (nSPS) is 11.5. The van der Waals surface area contributed by atoms with Crippen LogP contribution in [0.15, 0.2) is 53.4 Å². The molecule has 1 amide bonds. The second-order valence-corrected chi connectivity index (χ2v) is 10.3. The molecular formula is C21H25ClFN3O3S2. The fraction of sp³-hybridized carbons (Fsp3) is 0.333. The van der Waals surface area contributed by atoms with Crippen LogP contribution in [0.2, 0.25) is 0 Å². The number of benzene rings is 2. The summed E-state index contributed by atoms with van der Waals surface area (Å²) < 4.78 is 38.9. The summed E-state index contributed by atoms with van der Waals surface area (Å²) in [6.07, 6.45) is 0.270. The van der Waals surface area contributed by atoms with Crippen LogP contribution in [0.5, 0.6) is 0 Å². The number of halogens is 2. The van der Waals surface area contributed by atoms with Crippen LogP contribution in [-0.4, -0.2) is 57.1 Å². The Morgan fingerprint density at radius 2 is 1.74 bits per heavy atom. The molecule has 0 aliphatic rings. The summed E-state index contributed by atoms with van der Waals surface area (Å²) in [7, 11) is 0.286. The Hall–Kier alpha value is -2.07. The van der Waals surface area contributed by atoms with Gasteiger partial charge in [-0.2, -0.15) is 0 Å². The molecule has 0 spiro atoms. The van der Waals surface area contributed by atoms with Gasteiger partial charge >= 0.3 is 0 Å². The van der Waals surface area contributed by atoms with Gasteiger partial charge in [0.2, 0.25) is 5.91 Å². The highest BCUT2D eigenvalue weighted by Crippen LogP contribution is 2.29. The Bertz CT molecular complexity index is 1090. The summed E-state index contributed by atoms with van der Waals surface area (Å²) in [5.41, 5.74) is 0.832. The minimum atomic E-state index is -3.57. The number of carbonyl (C=O) groups excluding carboxylic acids is 1. The Kier molecular flexibility index (Phi) is 8.93. The monoisotopic (exact) mass is 485 g/mol. The summed E-state index contributed by atoms with van der Waals surface area (Å²) in [5, 5.41) is 0.615. The average molecular weight is 486 g/mol. The molecule has 0 atom stereocenters. The highest BCUT2D eigenvalue weighted by molar-refractivity contribution is 7.91. The van der Waals surface area contributed by atoms with Crippen LogP contribution in [0.1, 0.15) is 12.8 Å². The largest absolute Gasteiger partial charge is 0.308 e. The van der Waals surface area contributed by atoms with E-state index in [-0.39, 0.29) is 41.8 Å². The van der Waals surface area contributed by atoms with Crippen LogP contribution in [0.4, 0.5) is 9.52 Å². The summed E-state index contributed by atoms with van der Waals surface area (Å²) in [6.45, 7) is 1.13. The van der Waals surface area contributed by atoms with Gasteiger partial charge in [-0.15, -0.1) is 12.4 Å². The van der Waals surface area contributed by atoms with E-state index in [0.717, 1.165) is 22.3 Å². The number of amides is 1. The van der Waals surface area contributed by atoms with Crippen molar-refractivity contribution in [3.63, 3.8) is 0 Å². The van der Waals surface area contributed by atoms with Gasteiger partial charge in [0.15, 0.2) is 15.0 Å². The number of hydrogen-bond donors (Lipinski definition) is 0. The number of rotatable bonds is 9. The molecule has 0 fully saturated rings. The standard InChI is InChI=1S/C21H24FN3O3S2.ClH/c1-24(2)13-14-25(21-23-18-6-3-4-7-19(18)29-21)20(26)8-5-15-30(27,28)17-11-9-16(22)10-12-17;/h3-4,6-7,9-12H,5,8,13-15H2,1-2H3;1H. The topological polar surface area (TPSA) is 70.6 Å². The van der Waals surface area contributed by atoms with E-state index in [9.17, 15) is 17.6 Å². The van der Waals surface area contributed by atoms with E-state index >= 15 is 0 Å². The third kappa shape index (κ3) is 6.70. The number of para-hydroxylation sites is 1. The molecule has 3 aromatic rings. The van der Waals surface area contributed by atoms with Gasteiger partial charge in [0.1, 0.15) is 5.82 Å². The lowest BCUT2D eigenvalue weighted by molar-refractivity contribution is -0.118. The molecule has 1 aromatic heterocycles. The first-order chi connectivity index (χ1) is 14.3. The lowest BCUT2D eigenvalue weighted by Crippen LogP contribution is -2.36. The molecule has 10 heteroatoms. The minimum Gasteiger partial charge on any atom is -0.308 e. The summed E-state index contributed by atoms with van der Waals surface area (Å²) in [5.74, 6) is -0.826. The van der Waals surface area contributed by atoms with Crippen molar-refractivity contribution in [3.05, 3.63) is 54.3 Å². The van der Waals surface area contributed by atoms with Gasteiger partial charge in [-0.3, -0.25) is 9.69 Å². The van der Waals surface area contributed by atoms with E-state index in [2.05, 4.69) is 4.98 Å². The summed E-state index contributed by atoms with van der Waals surface area (Å²) >= 11 is 1.44. The molecule has 31 heavy (non-hydrogen) atoms. The summed E-state index contributed by atoms with van der Waals surface area (Å²) in [6, 6.07) is 12.4.